The molecule has 0 aliphatic rings. The highest BCUT2D eigenvalue weighted by Gasteiger charge is 2.10. The summed E-state index contributed by atoms with van der Waals surface area (Å²) < 4.78 is 17.8. The summed E-state index contributed by atoms with van der Waals surface area (Å²) in [7, 11) is 1.45. The summed E-state index contributed by atoms with van der Waals surface area (Å²) in [6.45, 7) is 3.89. The largest absolute Gasteiger partial charge is 0.375 e. The van der Waals surface area contributed by atoms with Crippen LogP contribution in [0, 0.1) is 5.82 Å². The highest BCUT2D eigenvalue weighted by Crippen LogP contribution is 2.24. The molecule has 0 spiro atoms. The van der Waals surface area contributed by atoms with E-state index in [0.29, 0.717) is 5.69 Å². The first-order chi connectivity index (χ1) is 7.54. The molecule has 1 aromatic rings. The van der Waals surface area contributed by atoms with E-state index in [1.54, 1.807) is 6.07 Å². The number of methoxy groups -OCH3 is 1. The number of anilines is 1. The second-order valence-corrected chi connectivity index (χ2v) is 3.87. The minimum atomic E-state index is -0.298. The number of nitrogens with one attached hydrogen (secondary N) is 1. The van der Waals surface area contributed by atoms with E-state index < -0.39 is 0 Å². The number of carbonyl (C=O) groups excluding carboxylic acids is 1. The zero-order valence-corrected chi connectivity index (χ0v) is 9.71. The average molecular weight is 225 g/mol. The molecule has 16 heavy (non-hydrogen) atoms. The standard InChI is InChI=1S/C12H16FNO2/c1-8(2)10-6-9(13)4-5-11(10)14-12(15)7-16-3/h4-6,8H,7H2,1-3H3,(H,14,15). The van der Waals surface area contributed by atoms with Crippen molar-refractivity contribution in [1.29, 1.82) is 0 Å². The van der Waals surface area contributed by atoms with Crippen molar-refractivity contribution in [2.45, 2.75) is 19.8 Å². The maximum absolute atomic E-state index is 13.1. The van der Waals surface area contributed by atoms with Gasteiger partial charge < -0.3 is 10.1 Å². The molecule has 88 valence electrons. The van der Waals surface area contributed by atoms with Gasteiger partial charge in [-0.25, -0.2) is 4.39 Å². The van der Waals surface area contributed by atoms with Crippen molar-refractivity contribution in [2.75, 3.05) is 19.0 Å². The van der Waals surface area contributed by atoms with Crippen molar-refractivity contribution in [2.24, 2.45) is 0 Å². The third kappa shape index (κ3) is 3.31. The highest BCUT2D eigenvalue weighted by molar-refractivity contribution is 5.92. The number of hydrogen-bond donors (Lipinski definition) is 1. The van der Waals surface area contributed by atoms with E-state index in [0.717, 1.165) is 5.56 Å². The number of benzene rings is 1. The maximum atomic E-state index is 13.1. The number of amides is 1. The Bertz CT molecular complexity index is 377. The fourth-order valence-corrected chi connectivity index (χ4v) is 1.44. The zero-order chi connectivity index (χ0) is 12.1. The van der Waals surface area contributed by atoms with Crippen LogP contribution in [0.1, 0.15) is 25.3 Å². The van der Waals surface area contributed by atoms with Crippen molar-refractivity contribution in [3.05, 3.63) is 29.6 Å². The summed E-state index contributed by atoms with van der Waals surface area (Å²) >= 11 is 0. The average Bonchev–Trinajstić information content (AvgIpc) is 2.20. The molecule has 0 radical (unpaired) electrons. The lowest BCUT2D eigenvalue weighted by Crippen LogP contribution is -2.18. The van der Waals surface area contributed by atoms with Gasteiger partial charge in [-0.3, -0.25) is 4.79 Å². The third-order valence-corrected chi connectivity index (χ3v) is 2.19. The number of carbonyl (C=O) groups is 1. The van der Waals surface area contributed by atoms with Crippen LogP contribution in [0.4, 0.5) is 10.1 Å². The molecule has 0 saturated heterocycles. The Hall–Kier alpha value is -1.42. The van der Waals surface area contributed by atoms with Crippen LogP contribution in [-0.2, 0) is 9.53 Å². The fraction of sp³-hybridized carbons (Fsp3) is 0.417. The van der Waals surface area contributed by atoms with E-state index in [-0.39, 0.29) is 24.2 Å². The number of halogens is 1. The van der Waals surface area contributed by atoms with E-state index in [2.05, 4.69) is 5.32 Å². The van der Waals surface area contributed by atoms with Crippen molar-refractivity contribution in [3.8, 4) is 0 Å². The van der Waals surface area contributed by atoms with Crippen LogP contribution in [0.3, 0.4) is 0 Å². The van der Waals surface area contributed by atoms with Gasteiger partial charge in [-0.2, -0.15) is 0 Å². The van der Waals surface area contributed by atoms with E-state index in [1.807, 2.05) is 13.8 Å². The molecule has 1 rings (SSSR count). The van der Waals surface area contributed by atoms with Crippen molar-refractivity contribution < 1.29 is 13.9 Å². The molecule has 0 heterocycles. The molecule has 0 atom stereocenters. The minimum absolute atomic E-state index is 0.00505. The number of hydrogen-bond acceptors (Lipinski definition) is 2. The van der Waals surface area contributed by atoms with Gasteiger partial charge in [0.25, 0.3) is 0 Å². The Morgan fingerprint density at radius 1 is 1.50 bits per heavy atom. The molecule has 0 bridgehead atoms. The minimum Gasteiger partial charge on any atom is -0.375 e. The summed E-state index contributed by atoms with van der Waals surface area (Å²) in [5.74, 6) is -0.391. The predicted octanol–water partition coefficient (Wildman–Crippen LogP) is 2.53. The van der Waals surface area contributed by atoms with Gasteiger partial charge in [0.15, 0.2) is 0 Å². The summed E-state index contributed by atoms with van der Waals surface area (Å²) in [6, 6.07) is 4.33. The Kier molecular flexibility index (Phi) is 4.43. The third-order valence-electron chi connectivity index (χ3n) is 2.19. The molecule has 0 fully saturated rings. The Morgan fingerprint density at radius 2 is 2.19 bits per heavy atom. The Labute approximate surface area is 94.6 Å². The first-order valence-electron chi connectivity index (χ1n) is 5.12. The maximum Gasteiger partial charge on any atom is 0.250 e. The van der Waals surface area contributed by atoms with Crippen LogP contribution in [-0.4, -0.2) is 19.6 Å². The SMILES string of the molecule is COCC(=O)Nc1ccc(F)cc1C(C)C. The fourth-order valence-electron chi connectivity index (χ4n) is 1.44. The van der Waals surface area contributed by atoms with Crippen LogP contribution in [0.15, 0.2) is 18.2 Å². The summed E-state index contributed by atoms with van der Waals surface area (Å²) in [4.78, 5) is 11.3. The highest BCUT2D eigenvalue weighted by atomic mass is 19.1. The number of rotatable bonds is 4. The topological polar surface area (TPSA) is 38.3 Å². The van der Waals surface area contributed by atoms with Gasteiger partial charge in [0, 0.05) is 12.8 Å². The monoisotopic (exact) mass is 225 g/mol. The van der Waals surface area contributed by atoms with Crippen LogP contribution in [0.5, 0.6) is 0 Å². The molecule has 4 heteroatoms. The van der Waals surface area contributed by atoms with Gasteiger partial charge in [-0.15, -0.1) is 0 Å². The van der Waals surface area contributed by atoms with E-state index in [9.17, 15) is 9.18 Å². The van der Waals surface area contributed by atoms with Gasteiger partial charge in [0.05, 0.1) is 0 Å². The molecule has 0 aliphatic carbocycles. The lowest BCUT2D eigenvalue weighted by Gasteiger charge is -2.13. The van der Waals surface area contributed by atoms with Crippen molar-refractivity contribution >= 4 is 11.6 Å². The first kappa shape index (κ1) is 12.6. The van der Waals surface area contributed by atoms with Crippen molar-refractivity contribution in [1.82, 2.24) is 0 Å². The van der Waals surface area contributed by atoms with E-state index >= 15 is 0 Å². The van der Waals surface area contributed by atoms with Gasteiger partial charge in [0.2, 0.25) is 5.91 Å². The van der Waals surface area contributed by atoms with Crippen LogP contribution in [0.2, 0.25) is 0 Å². The lowest BCUT2D eigenvalue weighted by atomic mass is 10.0. The normalized spacial score (nSPS) is 10.6. The molecule has 3 nitrogen and oxygen atoms in total. The van der Waals surface area contributed by atoms with E-state index in [1.165, 1.54) is 19.2 Å². The molecule has 0 aromatic heterocycles. The first-order valence-corrected chi connectivity index (χ1v) is 5.12. The molecule has 0 unspecified atom stereocenters. The molecule has 1 N–H and O–H groups in total. The zero-order valence-electron chi connectivity index (χ0n) is 9.71. The lowest BCUT2D eigenvalue weighted by molar-refractivity contribution is -0.119. The smallest absolute Gasteiger partial charge is 0.250 e. The van der Waals surface area contributed by atoms with Crippen LogP contribution in [0.25, 0.3) is 0 Å². The summed E-state index contributed by atoms with van der Waals surface area (Å²) in [5.41, 5.74) is 1.42. The molecular formula is C12H16FNO2. The quantitative estimate of drug-likeness (QED) is 0.855. The number of ether oxygens (including phenoxy) is 1. The Balaban J connectivity index is 2.90. The van der Waals surface area contributed by atoms with Gasteiger partial charge in [-0.05, 0) is 29.7 Å². The van der Waals surface area contributed by atoms with Gasteiger partial charge in [-0.1, -0.05) is 13.8 Å². The molecule has 1 aromatic carbocycles. The summed E-state index contributed by atoms with van der Waals surface area (Å²) in [6.07, 6.45) is 0. The second-order valence-electron chi connectivity index (χ2n) is 3.87. The van der Waals surface area contributed by atoms with E-state index in [4.69, 9.17) is 4.74 Å². The molecule has 0 aliphatic heterocycles. The second kappa shape index (κ2) is 5.61. The molecule has 1 amide bonds. The predicted molar refractivity (Wildman–Crippen MR) is 61.0 cm³/mol. The van der Waals surface area contributed by atoms with Crippen LogP contribution >= 0.6 is 0 Å². The molecular weight excluding hydrogens is 209 g/mol. The Morgan fingerprint density at radius 3 is 2.75 bits per heavy atom. The van der Waals surface area contributed by atoms with Crippen LogP contribution < -0.4 is 5.32 Å². The molecule has 0 saturated carbocycles. The van der Waals surface area contributed by atoms with Gasteiger partial charge in [0.1, 0.15) is 12.4 Å². The van der Waals surface area contributed by atoms with Gasteiger partial charge >= 0.3 is 0 Å². The van der Waals surface area contributed by atoms with Crippen molar-refractivity contribution in [3.63, 3.8) is 0 Å². The summed E-state index contributed by atoms with van der Waals surface area (Å²) in [5, 5.41) is 2.69.